The van der Waals surface area contributed by atoms with Crippen molar-refractivity contribution < 1.29 is 83.7 Å². The molecule has 51 heavy (non-hydrogen) atoms. The summed E-state index contributed by atoms with van der Waals surface area (Å²) in [6, 6.07) is 3.24. The fraction of sp³-hybridized carbons (Fsp3) is 0.515. The Bertz CT molecular complexity index is 1770. The smallest absolute Gasteiger partial charge is 0.335 e. The van der Waals surface area contributed by atoms with Crippen LogP contribution in [0.15, 0.2) is 18.2 Å². The number of fused-ring (bicyclic) bond motifs is 3. The number of carbonyl (C=O) groups is 4. The Morgan fingerprint density at radius 1 is 0.980 bits per heavy atom. The molecule has 2 aliphatic carbocycles. The van der Waals surface area contributed by atoms with E-state index >= 15 is 0 Å². The molecule has 2 aliphatic heterocycles. The normalized spacial score (nSPS) is 34.7. The van der Waals surface area contributed by atoms with Crippen LogP contribution < -0.4 is 10.5 Å². The predicted octanol–water partition coefficient (Wildman–Crippen LogP) is -2.08. The van der Waals surface area contributed by atoms with Crippen LogP contribution in [0.5, 0.6) is 17.2 Å². The Morgan fingerprint density at radius 3 is 2.29 bits per heavy atom. The van der Waals surface area contributed by atoms with Crippen LogP contribution in [0.4, 0.5) is 0 Å². The highest BCUT2D eigenvalue weighted by atomic mass is 16.7. The largest absolute Gasteiger partial charge is 0.507 e. The van der Waals surface area contributed by atoms with E-state index in [-0.39, 0.29) is 34.4 Å². The Morgan fingerprint density at radius 2 is 1.67 bits per heavy atom. The summed E-state index contributed by atoms with van der Waals surface area (Å²) in [6.07, 6.45) is -15.8. The van der Waals surface area contributed by atoms with E-state index in [4.69, 9.17) is 29.4 Å². The average Bonchev–Trinajstić information content (AvgIpc) is 3.08. The van der Waals surface area contributed by atoms with Crippen LogP contribution >= 0.6 is 0 Å². The fourth-order valence-corrected chi connectivity index (χ4v) is 7.27. The molecule has 2 saturated heterocycles. The number of phenols is 2. The number of aliphatic hydroxyl groups excluding tert-OH is 4. The Labute approximate surface area is 288 Å². The van der Waals surface area contributed by atoms with Gasteiger partial charge in [-0.15, -0.1) is 0 Å². The molecular formula is C33H37NO17. The summed E-state index contributed by atoms with van der Waals surface area (Å²) in [6.45, 7) is 0.371. The van der Waals surface area contributed by atoms with Gasteiger partial charge in [0.05, 0.1) is 36.0 Å². The molecular weight excluding hydrogens is 682 g/mol. The first kappa shape index (κ1) is 36.7. The van der Waals surface area contributed by atoms with Gasteiger partial charge in [0.25, 0.3) is 0 Å². The maximum atomic E-state index is 13.8. The van der Waals surface area contributed by atoms with Crippen LogP contribution in [-0.4, -0.2) is 139 Å². The van der Waals surface area contributed by atoms with Crippen LogP contribution in [0.25, 0.3) is 0 Å². The Balaban J connectivity index is 1.32. The van der Waals surface area contributed by atoms with E-state index in [9.17, 15) is 60.0 Å². The third-order valence-corrected chi connectivity index (χ3v) is 9.87. The molecule has 2 heterocycles. The van der Waals surface area contributed by atoms with Gasteiger partial charge in [-0.05, 0) is 13.0 Å². The van der Waals surface area contributed by atoms with E-state index in [1.807, 2.05) is 0 Å². The van der Waals surface area contributed by atoms with Gasteiger partial charge >= 0.3 is 5.97 Å². The van der Waals surface area contributed by atoms with Crippen molar-refractivity contribution in [2.75, 3.05) is 13.7 Å². The van der Waals surface area contributed by atoms with Gasteiger partial charge in [-0.3, -0.25) is 14.4 Å². The SMILES string of the molecule is COc1cccc2c1C(=O)c1c(O)c3c(c(O)c1C2=O)C[C@@](O)(C(=O)CO)C[C@@H]3O[C@H]1C[C@@H](N)[C@@H](O[C@@H]2O[C@H](C(=O)O)[C@@H](O)[C@H](O)[C@H]2O)[C@H](C)O1. The molecule has 0 amide bonds. The lowest BCUT2D eigenvalue weighted by Gasteiger charge is -2.45. The van der Waals surface area contributed by atoms with Crippen LogP contribution in [0.1, 0.15) is 68.8 Å². The van der Waals surface area contributed by atoms with Crippen molar-refractivity contribution in [3.8, 4) is 17.2 Å². The first-order chi connectivity index (χ1) is 24.0. The molecule has 0 bridgehead atoms. The van der Waals surface area contributed by atoms with Crippen molar-refractivity contribution in [3.63, 3.8) is 0 Å². The maximum absolute atomic E-state index is 13.8. The predicted molar refractivity (Wildman–Crippen MR) is 165 cm³/mol. The van der Waals surface area contributed by atoms with E-state index in [0.29, 0.717) is 0 Å². The van der Waals surface area contributed by atoms with E-state index in [1.165, 1.54) is 32.2 Å². The molecule has 4 aliphatic rings. The van der Waals surface area contributed by atoms with E-state index in [0.717, 1.165) is 0 Å². The lowest BCUT2D eigenvalue weighted by molar-refractivity contribution is -0.328. The number of carbonyl (C=O) groups excluding carboxylic acids is 3. The van der Waals surface area contributed by atoms with Gasteiger partial charge in [0.15, 0.2) is 30.3 Å². The van der Waals surface area contributed by atoms with Crippen LogP contribution in [0, 0.1) is 0 Å². The summed E-state index contributed by atoms with van der Waals surface area (Å²) in [7, 11) is 1.28. The summed E-state index contributed by atoms with van der Waals surface area (Å²) >= 11 is 0. The maximum Gasteiger partial charge on any atom is 0.335 e. The number of hydrogen-bond donors (Lipinski definition) is 9. The summed E-state index contributed by atoms with van der Waals surface area (Å²) in [4.78, 5) is 51.9. The monoisotopic (exact) mass is 719 g/mol. The Kier molecular flexibility index (Phi) is 9.70. The van der Waals surface area contributed by atoms with Gasteiger partial charge < -0.3 is 70.3 Å². The first-order valence-electron chi connectivity index (χ1n) is 15.9. The molecule has 2 fully saturated rings. The molecule has 10 N–H and O–H groups in total. The number of phenolic OH excluding ortho intramolecular Hbond substituents is 2. The third kappa shape index (κ3) is 5.96. The molecule has 276 valence electrons. The molecule has 2 aromatic carbocycles. The number of methoxy groups -OCH3 is 1. The lowest BCUT2D eigenvalue weighted by Crippen LogP contribution is -2.63. The number of aliphatic hydroxyl groups is 5. The highest BCUT2D eigenvalue weighted by Crippen LogP contribution is 2.52. The van der Waals surface area contributed by atoms with Crippen LogP contribution in [0.3, 0.4) is 0 Å². The quantitative estimate of drug-likeness (QED) is 0.113. The molecule has 0 radical (unpaired) electrons. The van der Waals surface area contributed by atoms with Gasteiger partial charge in [0.1, 0.15) is 53.9 Å². The molecule has 11 atom stereocenters. The summed E-state index contributed by atoms with van der Waals surface area (Å²) < 4.78 is 28.3. The zero-order valence-corrected chi connectivity index (χ0v) is 27.2. The number of aliphatic carboxylic acids is 1. The minimum Gasteiger partial charge on any atom is -0.507 e. The highest BCUT2D eigenvalue weighted by Gasteiger charge is 2.52. The molecule has 6 rings (SSSR count). The minimum absolute atomic E-state index is 0.0366. The second kappa shape index (κ2) is 13.5. The van der Waals surface area contributed by atoms with Gasteiger partial charge in [-0.1, -0.05) is 12.1 Å². The minimum atomic E-state index is -2.37. The number of carboxylic acid groups (broad SMARTS) is 1. The number of nitrogens with two attached hydrogens (primary N) is 1. The number of ether oxygens (including phenoxy) is 5. The number of hydrogen-bond acceptors (Lipinski definition) is 17. The molecule has 0 unspecified atom stereocenters. The lowest BCUT2D eigenvalue weighted by atomic mass is 9.72. The molecule has 0 aromatic heterocycles. The second-order valence-corrected chi connectivity index (χ2v) is 13.0. The topological polar surface area (TPSA) is 302 Å². The number of carboxylic acids is 1. The average molecular weight is 720 g/mol. The van der Waals surface area contributed by atoms with E-state index in [1.54, 1.807) is 0 Å². The zero-order valence-electron chi connectivity index (χ0n) is 27.2. The number of benzene rings is 2. The third-order valence-electron chi connectivity index (χ3n) is 9.87. The summed E-state index contributed by atoms with van der Waals surface area (Å²) in [5, 5.41) is 84.2. The van der Waals surface area contributed by atoms with Gasteiger partial charge in [0.2, 0.25) is 5.78 Å². The first-order valence-corrected chi connectivity index (χ1v) is 15.9. The van der Waals surface area contributed by atoms with Crippen molar-refractivity contribution in [2.45, 2.75) is 93.1 Å². The van der Waals surface area contributed by atoms with Crippen molar-refractivity contribution in [1.29, 1.82) is 0 Å². The van der Waals surface area contributed by atoms with Crippen LogP contribution in [-0.2, 0) is 35.0 Å². The van der Waals surface area contributed by atoms with Crippen molar-refractivity contribution in [3.05, 3.63) is 51.6 Å². The van der Waals surface area contributed by atoms with Crippen molar-refractivity contribution in [2.24, 2.45) is 5.73 Å². The molecule has 0 saturated carbocycles. The van der Waals surface area contributed by atoms with Gasteiger partial charge in [-0.2, -0.15) is 0 Å². The van der Waals surface area contributed by atoms with Gasteiger partial charge in [0, 0.05) is 42.0 Å². The number of aromatic hydroxyl groups is 2. The summed E-state index contributed by atoms with van der Waals surface area (Å²) in [5.74, 6) is -5.87. The second-order valence-electron chi connectivity index (χ2n) is 13.0. The Hall–Kier alpha value is -4.08. The van der Waals surface area contributed by atoms with Crippen molar-refractivity contribution in [1.82, 2.24) is 0 Å². The molecule has 18 nitrogen and oxygen atoms in total. The van der Waals surface area contributed by atoms with Gasteiger partial charge in [-0.25, -0.2) is 4.79 Å². The number of rotatable bonds is 8. The summed E-state index contributed by atoms with van der Waals surface area (Å²) in [5.41, 5.74) is 2.12. The highest BCUT2D eigenvalue weighted by molar-refractivity contribution is 6.31. The van der Waals surface area contributed by atoms with E-state index in [2.05, 4.69) is 0 Å². The molecule has 18 heteroatoms. The molecule has 0 spiro atoms. The van der Waals surface area contributed by atoms with Crippen molar-refractivity contribution >= 4 is 23.3 Å². The standard InChI is InChI=1S/C33H37NO17/c1-10-29(50-32-28(43)26(41)27(42)30(51-32)31(44)45)13(34)6-17(48-10)49-15-8-33(46,16(36)9-35)7-12-19(15)25(40)21-20(23(12)38)22(37)11-4-3-5-14(47-2)18(11)24(21)39/h3-5,10,13,15,17,26-30,32,35,38,40-43,46H,6-9,34H2,1-2H3,(H,44,45)/t10-,13+,15-,17-,26-,27-,28+,29-,30-,32+,33-/m0/s1. The zero-order chi connectivity index (χ0) is 37.3. The number of ketones is 3. The van der Waals surface area contributed by atoms with E-state index < -0.39 is 132 Å². The fourth-order valence-electron chi connectivity index (χ4n) is 7.27. The number of Topliss-reactive ketones (excluding diaryl/α,β-unsaturated/α-hetero) is 1. The van der Waals surface area contributed by atoms with Crippen LogP contribution in [0.2, 0.25) is 0 Å². The molecule has 2 aromatic rings.